The Morgan fingerprint density at radius 3 is 1.96 bits per heavy atom. The van der Waals surface area contributed by atoms with Gasteiger partial charge in [-0.15, -0.1) is 0 Å². The molecule has 164 valence electrons. The molecule has 8 heteroatoms. The molecule has 1 amide bonds. The molecule has 0 aliphatic carbocycles. The molecule has 0 atom stereocenters. The summed E-state index contributed by atoms with van der Waals surface area (Å²) in [6, 6.07) is 0. The van der Waals surface area contributed by atoms with Crippen LogP contribution < -0.4 is 5.32 Å². The van der Waals surface area contributed by atoms with Crippen molar-refractivity contribution in [1.29, 1.82) is 0 Å². The summed E-state index contributed by atoms with van der Waals surface area (Å²) in [4.78, 5) is 11.7. The Hall–Kier alpha value is -0.700. The van der Waals surface area contributed by atoms with E-state index in [-0.39, 0.29) is 12.5 Å². The van der Waals surface area contributed by atoms with Gasteiger partial charge in [-0.3, -0.25) is 8.98 Å². The van der Waals surface area contributed by atoms with Crippen molar-refractivity contribution in [2.45, 2.75) is 78.6 Å². The van der Waals surface area contributed by atoms with Crippen LogP contribution in [0.4, 0.5) is 0 Å². The smallest absolute Gasteiger partial charge is 0.219 e. The third-order valence-corrected chi connectivity index (χ3v) is 4.91. The summed E-state index contributed by atoms with van der Waals surface area (Å²) in [5.74, 6) is 0.236. The lowest BCUT2D eigenvalue weighted by molar-refractivity contribution is -0.888. The SMILES string of the molecule is CCCCCCCCCC(=O)NCCC[N+](C)(C)CC.CCOS(=O)(=O)[O-]. The van der Waals surface area contributed by atoms with Gasteiger partial charge in [0, 0.05) is 19.4 Å². The van der Waals surface area contributed by atoms with Crippen LogP contribution in [-0.4, -0.2) is 63.7 Å². The Morgan fingerprint density at radius 2 is 1.52 bits per heavy atom. The summed E-state index contributed by atoms with van der Waals surface area (Å²) in [6.07, 6.45) is 10.7. The first-order valence-corrected chi connectivity index (χ1v) is 11.6. The molecule has 0 aliphatic rings. The number of nitrogens with one attached hydrogen (secondary N) is 1. The molecule has 7 nitrogen and oxygen atoms in total. The number of rotatable bonds is 15. The first-order chi connectivity index (χ1) is 12.6. The second kappa shape index (κ2) is 17.4. The highest BCUT2D eigenvalue weighted by Crippen LogP contribution is 2.08. The summed E-state index contributed by atoms with van der Waals surface area (Å²) >= 11 is 0. The molecule has 0 aliphatic heterocycles. The molecule has 0 aromatic carbocycles. The Labute approximate surface area is 167 Å². The average molecular weight is 411 g/mol. The van der Waals surface area contributed by atoms with Gasteiger partial charge in [-0.25, -0.2) is 8.42 Å². The second-order valence-corrected chi connectivity index (χ2v) is 8.42. The Kier molecular flexibility index (Phi) is 18.4. The molecular formula is C19H42N2O5S. The summed E-state index contributed by atoms with van der Waals surface area (Å²) in [5, 5.41) is 3.04. The van der Waals surface area contributed by atoms with Crippen molar-refractivity contribution >= 4 is 16.3 Å². The predicted molar refractivity (Wildman–Crippen MR) is 109 cm³/mol. The summed E-state index contributed by atoms with van der Waals surface area (Å²) in [6.45, 7) is 8.89. The highest BCUT2D eigenvalue weighted by Gasteiger charge is 2.10. The Bertz CT molecular complexity index is 453. The molecule has 0 bridgehead atoms. The van der Waals surface area contributed by atoms with Gasteiger partial charge in [0.2, 0.25) is 16.3 Å². The molecule has 0 saturated carbocycles. The van der Waals surface area contributed by atoms with Gasteiger partial charge >= 0.3 is 0 Å². The minimum Gasteiger partial charge on any atom is -0.726 e. The minimum absolute atomic E-state index is 0.0914. The van der Waals surface area contributed by atoms with Gasteiger partial charge in [-0.1, -0.05) is 45.4 Å². The Balaban J connectivity index is 0. The van der Waals surface area contributed by atoms with Gasteiger partial charge in [0.15, 0.2) is 0 Å². The van der Waals surface area contributed by atoms with E-state index < -0.39 is 10.4 Å². The van der Waals surface area contributed by atoms with Crippen LogP contribution in [0.3, 0.4) is 0 Å². The zero-order valence-electron chi connectivity index (χ0n) is 18.1. The van der Waals surface area contributed by atoms with E-state index in [0.29, 0.717) is 6.42 Å². The van der Waals surface area contributed by atoms with E-state index in [1.807, 2.05) is 0 Å². The van der Waals surface area contributed by atoms with Crippen molar-refractivity contribution in [2.24, 2.45) is 0 Å². The maximum atomic E-state index is 11.7. The van der Waals surface area contributed by atoms with Crippen LogP contribution in [0.1, 0.15) is 78.6 Å². The van der Waals surface area contributed by atoms with E-state index in [1.165, 1.54) is 45.4 Å². The molecule has 0 aromatic rings. The van der Waals surface area contributed by atoms with Gasteiger partial charge in [-0.05, 0) is 20.3 Å². The average Bonchev–Trinajstić information content (AvgIpc) is 2.57. The molecular weight excluding hydrogens is 368 g/mol. The molecule has 0 fully saturated rings. The van der Waals surface area contributed by atoms with E-state index in [4.69, 9.17) is 0 Å². The summed E-state index contributed by atoms with van der Waals surface area (Å²) in [5.41, 5.74) is 0. The molecule has 0 radical (unpaired) electrons. The maximum absolute atomic E-state index is 11.7. The van der Waals surface area contributed by atoms with Gasteiger partial charge in [0.05, 0.1) is 33.8 Å². The van der Waals surface area contributed by atoms with E-state index in [1.54, 1.807) is 0 Å². The summed E-state index contributed by atoms with van der Waals surface area (Å²) in [7, 11) is 0.0488. The Morgan fingerprint density at radius 1 is 0.963 bits per heavy atom. The lowest BCUT2D eigenvalue weighted by Crippen LogP contribution is -2.41. The second-order valence-electron chi connectivity index (χ2n) is 7.37. The zero-order chi connectivity index (χ0) is 21.2. The van der Waals surface area contributed by atoms with Crippen molar-refractivity contribution in [3.63, 3.8) is 0 Å². The number of amides is 1. The fraction of sp³-hybridized carbons (Fsp3) is 0.947. The van der Waals surface area contributed by atoms with Crippen LogP contribution >= 0.6 is 0 Å². The topological polar surface area (TPSA) is 95.5 Å². The van der Waals surface area contributed by atoms with E-state index in [0.717, 1.165) is 37.0 Å². The lowest BCUT2D eigenvalue weighted by atomic mass is 10.1. The quantitative estimate of drug-likeness (QED) is 0.194. The molecule has 0 rings (SSSR count). The molecule has 1 N–H and O–H groups in total. The highest BCUT2D eigenvalue weighted by atomic mass is 32.3. The normalized spacial score (nSPS) is 11.6. The number of hydrogen-bond acceptors (Lipinski definition) is 5. The van der Waals surface area contributed by atoms with Crippen LogP contribution in [0.25, 0.3) is 0 Å². The number of unbranched alkanes of at least 4 members (excludes halogenated alkanes) is 6. The molecule has 27 heavy (non-hydrogen) atoms. The van der Waals surface area contributed by atoms with Gasteiger partial charge in [0.25, 0.3) is 0 Å². The predicted octanol–water partition coefficient (Wildman–Crippen LogP) is 3.21. The van der Waals surface area contributed by atoms with Gasteiger partial charge in [0.1, 0.15) is 0 Å². The molecule has 0 spiro atoms. The number of quaternary nitrogens is 1. The largest absolute Gasteiger partial charge is 0.726 e. The van der Waals surface area contributed by atoms with Crippen LogP contribution in [0, 0.1) is 0 Å². The van der Waals surface area contributed by atoms with Gasteiger partial charge < -0.3 is 14.4 Å². The van der Waals surface area contributed by atoms with E-state index in [2.05, 4.69) is 37.4 Å². The van der Waals surface area contributed by atoms with Crippen LogP contribution in [-0.2, 0) is 19.4 Å². The number of carbonyl (C=O) groups excluding carboxylic acids is 1. The van der Waals surface area contributed by atoms with Gasteiger partial charge in [-0.2, -0.15) is 0 Å². The van der Waals surface area contributed by atoms with Crippen LogP contribution in [0.15, 0.2) is 0 Å². The van der Waals surface area contributed by atoms with Crippen molar-refractivity contribution in [3.8, 4) is 0 Å². The molecule has 0 aromatic heterocycles. The fourth-order valence-electron chi connectivity index (χ4n) is 2.37. The standard InChI is InChI=1S/C17H36N2O.C2H6O4S/c1-5-7-8-9-10-11-12-14-17(20)18-15-13-16-19(3,4)6-2;1-2-6-7(3,4)5/h5-16H2,1-4H3;2H2,1H3,(H,3,4,5). The monoisotopic (exact) mass is 410 g/mol. The number of hydrogen-bond donors (Lipinski definition) is 1. The highest BCUT2D eigenvalue weighted by molar-refractivity contribution is 7.80. The fourth-order valence-corrected chi connectivity index (χ4v) is 2.66. The lowest BCUT2D eigenvalue weighted by Gasteiger charge is -2.28. The van der Waals surface area contributed by atoms with E-state index >= 15 is 0 Å². The van der Waals surface area contributed by atoms with Crippen molar-refractivity contribution in [1.82, 2.24) is 5.32 Å². The molecule has 0 unspecified atom stereocenters. The first kappa shape index (κ1) is 28.5. The first-order valence-electron chi connectivity index (χ1n) is 10.3. The molecule has 0 heterocycles. The van der Waals surface area contributed by atoms with Crippen molar-refractivity contribution < 1.29 is 26.4 Å². The van der Waals surface area contributed by atoms with Crippen LogP contribution in [0.2, 0.25) is 0 Å². The molecule has 0 saturated heterocycles. The summed E-state index contributed by atoms with van der Waals surface area (Å²) < 4.78 is 33.0. The van der Waals surface area contributed by atoms with Crippen molar-refractivity contribution in [3.05, 3.63) is 0 Å². The van der Waals surface area contributed by atoms with E-state index in [9.17, 15) is 17.8 Å². The maximum Gasteiger partial charge on any atom is 0.219 e. The zero-order valence-corrected chi connectivity index (χ0v) is 18.9. The third kappa shape index (κ3) is 25.3. The van der Waals surface area contributed by atoms with Crippen LogP contribution in [0.5, 0.6) is 0 Å². The van der Waals surface area contributed by atoms with Crippen molar-refractivity contribution in [2.75, 3.05) is 40.3 Å². The number of carbonyl (C=O) groups is 1. The number of nitrogens with zero attached hydrogens (tertiary/aromatic N) is 1. The third-order valence-electron chi connectivity index (χ3n) is 4.39. The minimum atomic E-state index is -4.42.